The van der Waals surface area contributed by atoms with E-state index in [1.165, 1.54) is 0 Å². The van der Waals surface area contributed by atoms with E-state index in [0.717, 1.165) is 37.2 Å². The SMILES string of the molecule is CCN(CC1COc2ccccc2O1)C(=O)C1CCCC(N)C1.Cl. The number of hydrogen-bond donors (Lipinski definition) is 1. The standard InChI is InChI=1S/C18H26N2O3.ClH/c1-2-20(18(21)13-6-5-7-14(19)10-13)11-15-12-22-16-8-3-4-9-17(16)23-15;/h3-4,8-9,13-15H,2,5-7,10-12,19H2,1H3;1H. The van der Waals surface area contributed by atoms with Crippen molar-refractivity contribution in [1.82, 2.24) is 4.90 Å². The molecule has 0 aromatic heterocycles. The van der Waals surface area contributed by atoms with Crippen LogP contribution in [-0.2, 0) is 4.79 Å². The van der Waals surface area contributed by atoms with Crippen molar-refractivity contribution < 1.29 is 14.3 Å². The Morgan fingerprint density at radius 2 is 2.04 bits per heavy atom. The van der Waals surface area contributed by atoms with Crippen molar-refractivity contribution in [3.63, 3.8) is 0 Å². The molecule has 1 heterocycles. The number of nitrogens with two attached hydrogens (primary N) is 1. The van der Waals surface area contributed by atoms with Crippen LogP contribution in [0.2, 0.25) is 0 Å². The maximum Gasteiger partial charge on any atom is 0.225 e. The lowest BCUT2D eigenvalue weighted by atomic mass is 9.85. The fraction of sp³-hybridized carbons (Fsp3) is 0.611. The maximum atomic E-state index is 12.8. The van der Waals surface area contributed by atoms with Crippen molar-refractivity contribution in [3.05, 3.63) is 24.3 Å². The number of likely N-dealkylation sites (N-methyl/N-ethyl adjacent to an activating group) is 1. The number of rotatable bonds is 4. The molecule has 3 unspecified atom stereocenters. The lowest BCUT2D eigenvalue weighted by molar-refractivity contribution is -0.138. The van der Waals surface area contributed by atoms with Crippen LogP contribution in [0.25, 0.3) is 0 Å². The summed E-state index contributed by atoms with van der Waals surface area (Å²) < 4.78 is 11.7. The number of para-hydroxylation sites is 2. The Morgan fingerprint density at radius 1 is 1.29 bits per heavy atom. The molecule has 0 spiro atoms. The summed E-state index contributed by atoms with van der Waals surface area (Å²) in [4.78, 5) is 14.7. The smallest absolute Gasteiger partial charge is 0.225 e. The molecule has 0 radical (unpaired) electrons. The summed E-state index contributed by atoms with van der Waals surface area (Å²) in [5.41, 5.74) is 6.03. The molecule has 3 atom stereocenters. The van der Waals surface area contributed by atoms with Crippen LogP contribution in [0.1, 0.15) is 32.6 Å². The summed E-state index contributed by atoms with van der Waals surface area (Å²) in [5, 5.41) is 0. The Bertz CT molecular complexity index is 555. The lowest BCUT2D eigenvalue weighted by Gasteiger charge is -2.34. The van der Waals surface area contributed by atoms with Crippen molar-refractivity contribution in [3.8, 4) is 11.5 Å². The monoisotopic (exact) mass is 354 g/mol. The highest BCUT2D eigenvalue weighted by molar-refractivity contribution is 5.85. The molecule has 3 rings (SSSR count). The van der Waals surface area contributed by atoms with Gasteiger partial charge in [-0.15, -0.1) is 12.4 Å². The first-order valence-corrected chi connectivity index (χ1v) is 8.60. The van der Waals surface area contributed by atoms with Crippen molar-refractivity contribution in [2.75, 3.05) is 19.7 Å². The maximum absolute atomic E-state index is 12.8. The van der Waals surface area contributed by atoms with Crippen molar-refractivity contribution in [1.29, 1.82) is 0 Å². The van der Waals surface area contributed by atoms with Gasteiger partial charge >= 0.3 is 0 Å². The second kappa shape index (κ2) is 8.58. The molecule has 0 bridgehead atoms. The normalized spacial score (nSPS) is 25.5. The Balaban J connectivity index is 0.00000208. The van der Waals surface area contributed by atoms with E-state index < -0.39 is 0 Å². The van der Waals surface area contributed by atoms with Crippen LogP contribution in [0.15, 0.2) is 24.3 Å². The number of benzene rings is 1. The molecule has 2 N–H and O–H groups in total. The van der Waals surface area contributed by atoms with Crippen LogP contribution in [0.4, 0.5) is 0 Å². The van der Waals surface area contributed by atoms with Gasteiger partial charge in [-0.05, 0) is 38.3 Å². The molecular formula is C18H27ClN2O3. The molecule has 1 aromatic rings. The average Bonchev–Trinajstić information content (AvgIpc) is 2.59. The van der Waals surface area contributed by atoms with E-state index in [-0.39, 0.29) is 36.4 Å². The number of halogens is 1. The minimum atomic E-state index is -0.119. The quantitative estimate of drug-likeness (QED) is 0.902. The van der Waals surface area contributed by atoms with Gasteiger partial charge in [-0.25, -0.2) is 0 Å². The molecule has 1 fully saturated rings. The number of amides is 1. The van der Waals surface area contributed by atoms with Gasteiger partial charge in [0.2, 0.25) is 5.91 Å². The molecule has 1 aliphatic carbocycles. The van der Waals surface area contributed by atoms with Crippen LogP contribution >= 0.6 is 12.4 Å². The van der Waals surface area contributed by atoms with Crippen LogP contribution in [-0.4, -0.2) is 42.6 Å². The van der Waals surface area contributed by atoms with Crippen LogP contribution in [0, 0.1) is 5.92 Å². The number of fused-ring (bicyclic) bond motifs is 1. The van der Waals surface area contributed by atoms with E-state index in [2.05, 4.69) is 0 Å². The summed E-state index contributed by atoms with van der Waals surface area (Å²) in [6.45, 7) is 3.74. The highest BCUT2D eigenvalue weighted by Crippen LogP contribution is 2.31. The molecule has 6 heteroatoms. The van der Waals surface area contributed by atoms with Crippen molar-refractivity contribution >= 4 is 18.3 Å². The summed E-state index contributed by atoms with van der Waals surface area (Å²) in [5.74, 6) is 1.81. The van der Waals surface area contributed by atoms with Gasteiger partial charge in [-0.2, -0.15) is 0 Å². The number of ether oxygens (including phenoxy) is 2. The zero-order valence-electron chi connectivity index (χ0n) is 14.1. The molecule has 134 valence electrons. The third-order valence-electron chi connectivity index (χ3n) is 4.75. The lowest BCUT2D eigenvalue weighted by Crippen LogP contribution is -2.47. The summed E-state index contributed by atoms with van der Waals surface area (Å²) in [6, 6.07) is 7.82. The first kappa shape index (κ1) is 18.9. The van der Waals surface area contributed by atoms with Gasteiger partial charge in [-0.1, -0.05) is 18.6 Å². The third-order valence-corrected chi connectivity index (χ3v) is 4.75. The van der Waals surface area contributed by atoms with Crippen molar-refractivity contribution in [2.24, 2.45) is 11.7 Å². The van der Waals surface area contributed by atoms with Gasteiger partial charge in [0.1, 0.15) is 6.61 Å². The van der Waals surface area contributed by atoms with Crippen LogP contribution in [0.5, 0.6) is 11.5 Å². The molecule has 24 heavy (non-hydrogen) atoms. The second-order valence-corrected chi connectivity index (χ2v) is 6.50. The van der Waals surface area contributed by atoms with E-state index >= 15 is 0 Å². The number of nitrogens with zero attached hydrogens (tertiary/aromatic N) is 1. The van der Waals surface area contributed by atoms with E-state index in [1.807, 2.05) is 36.1 Å². The van der Waals surface area contributed by atoms with Gasteiger partial charge in [0.05, 0.1) is 6.54 Å². The highest BCUT2D eigenvalue weighted by atomic mass is 35.5. The second-order valence-electron chi connectivity index (χ2n) is 6.50. The molecule has 5 nitrogen and oxygen atoms in total. The molecule has 1 aromatic carbocycles. The summed E-state index contributed by atoms with van der Waals surface area (Å²) in [7, 11) is 0. The predicted molar refractivity (Wildman–Crippen MR) is 95.8 cm³/mol. The average molecular weight is 355 g/mol. The van der Waals surface area contributed by atoms with Gasteiger partial charge in [-0.3, -0.25) is 4.79 Å². The first-order chi connectivity index (χ1) is 11.2. The summed E-state index contributed by atoms with van der Waals surface area (Å²) in [6.07, 6.45) is 3.72. The Hall–Kier alpha value is -1.46. The Labute approximate surface area is 149 Å². The minimum Gasteiger partial charge on any atom is -0.486 e. The van der Waals surface area contributed by atoms with E-state index in [4.69, 9.17) is 15.2 Å². The zero-order chi connectivity index (χ0) is 16.2. The van der Waals surface area contributed by atoms with Gasteiger partial charge in [0.25, 0.3) is 0 Å². The Kier molecular flexibility index (Phi) is 6.75. The predicted octanol–water partition coefficient (Wildman–Crippen LogP) is 2.61. The molecule has 2 aliphatic rings. The minimum absolute atomic E-state index is 0. The van der Waals surface area contributed by atoms with Crippen LogP contribution in [0.3, 0.4) is 0 Å². The third kappa shape index (κ3) is 4.33. The van der Waals surface area contributed by atoms with Gasteiger partial charge in [0.15, 0.2) is 17.6 Å². The molecular weight excluding hydrogens is 328 g/mol. The molecule has 1 saturated carbocycles. The summed E-state index contributed by atoms with van der Waals surface area (Å²) >= 11 is 0. The fourth-order valence-electron chi connectivity index (χ4n) is 3.48. The Morgan fingerprint density at radius 3 is 2.75 bits per heavy atom. The van der Waals surface area contributed by atoms with E-state index in [9.17, 15) is 4.79 Å². The molecule has 0 saturated heterocycles. The van der Waals surface area contributed by atoms with Crippen molar-refractivity contribution in [2.45, 2.75) is 44.8 Å². The fourth-order valence-corrected chi connectivity index (χ4v) is 3.48. The number of carbonyl (C=O) groups is 1. The topological polar surface area (TPSA) is 64.8 Å². The largest absolute Gasteiger partial charge is 0.486 e. The molecule has 1 aliphatic heterocycles. The van der Waals surface area contributed by atoms with Gasteiger partial charge < -0.3 is 20.1 Å². The van der Waals surface area contributed by atoms with E-state index in [0.29, 0.717) is 19.7 Å². The zero-order valence-corrected chi connectivity index (χ0v) is 15.0. The van der Waals surface area contributed by atoms with E-state index in [1.54, 1.807) is 0 Å². The highest BCUT2D eigenvalue weighted by Gasteiger charge is 2.31. The number of hydrogen-bond acceptors (Lipinski definition) is 4. The first-order valence-electron chi connectivity index (χ1n) is 8.60. The number of carbonyl (C=O) groups excluding carboxylic acids is 1. The molecule has 1 amide bonds. The van der Waals surface area contributed by atoms with Crippen LogP contribution < -0.4 is 15.2 Å². The van der Waals surface area contributed by atoms with Gasteiger partial charge in [0, 0.05) is 18.5 Å².